The van der Waals surface area contributed by atoms with E-state index < -0.39 is 17.6 Å². The first-order valence-corrected chi connectivity index (χ1v) is 11.4. The van der Waals surface area contributed by atoms with Crippen molar-refractivity contribution in [3.8, 4) is 12.3 Å². The number of nitrogens with zero attached hydrogens (tertiary/aromatic N) is 3. The standard InChI is InChI=1S/C26H34N6O4/c1-7-14-27-24(34)32(16-15-31(5)6)18-19-12-13-22(28-17-19)23(33)29-20-10-8-9-11-21(20)30-25(35)36-26(2,3)4/h1,8-13,17H,14-16,18H2,2-6H3,(H,27,34)(H,29,33)(H,30,35). The minimum Gasteiger partial charge on any atom is -0.444 e. The lowest BCUT2D eigenvalue weighted by Gasteiger charge is -2.24. The topological polar surface area (TPSA) is 116 Å². The molecule has 0 aliphatic carbocycles. The number of urea groups is 1. The normalized spacial score (nSPS) is 10.8. The van der Waals surface area contributed by atoms with Crippen LogP contribution < -0.4 is 16.0 Å². The number of nitrogens with one attached hydrogen (secondary N) is 3. The third kappa shape index (κ3) is 9.64. The van der Waals surface area contributed by atoms with Crippen LogP contribution in [0.4, 0.5) is 21.0 Å². The Morgan fingerprint density at radius 2 is 1.69 bits per heavy atom. The Bertz CT molecular complexity index is 1090. The second-order valence-electron chi connectivity index (χ2n) is 9.27. The van der Waals surface area contributed by atoms with E-state index in [0.29, 0.717) is 31.0 Å². The largest absolute Gasteiger partial charge is 0.444 e. The fraction of sp³-hybridized carbons (Fsp3) is 0.385. The van der Waals surface area contributed by atoms with Crippen molar-refractivity contribution in [2.24, 2.45) is 0 Å². The molecule has 36 heavy (non-hydrogen) atoms. The molecule has 0 fully saturated rings. The van der Waals surface area contributed by atoms with Crippen LogP contribution in [0, 0.1) is 12.3 Å². The lowest BCUT2D eigenvalue weighted by molar-refractivity contribution is 0.0635. The summed E-state index contributed by atoms with van der Waals surface area (Å²) in [6.07, 6.45) is 6.17. The number of rotatable bonds is 9. The number of carbonyl (C=O) groups is 3. The molecule has 0 unspecified atom stereocenters. The molecular weight excluding hydrogens is 460 g/mol. The summed E-state index contributed by atoms with van der Waals surface area (Å²) >= 11 is 0. The molecule has 0 aliphatic heterocycles. The van der Waals surface area contributed by atoms with E-state index in [1.54, 1.807) is 68.3 Å². The minimum absolute atomic E-state index is 0.138. The van der Waals surface area contributed by atoms with Gasteiger partial charge in [0.1, 0.15) is 11.3 Å². The zero-order valence-corrected chi connectivity index (χ0v) is 21.4. The second-order valence-corrected chi connectivity index (χ2v) is 9.27. The van der Waals surface area contributed by atoms with Crippen LogP contribution in [0.2, 0.25) is 0 Å². The lowest BCUT2D eigenvalue weighted by Crippen LogP contribution is -2.42. The Morgan fingerprint density at radius 3 is 2.25 bits per heavy atom. The van der Waals surface area contributed by atoms with Gasteiger partial charge in [-0.1, -0.05) is 24.1 Å². The van der Waals surface area contributed by atoms with Gasteiger partial charge in [-0.2, -0.15) is 0 Å². The van der Waals surface area contributed by atoms with Gasteiger partial charge in [0.2, 0.25) is 0 Å². The molecule has 0 bridgehead atoms. The molecule has 4 amide bonds. The highest BCUT2D eigenvalue weighted by molar-refractivity contribution is 6.05. The van der Waals surface area contributed by atoms with Gasteiger partial charge in [-0.05, 0) is 58.6 Å². The Hall–Kier alpha value is -4.10. The number of amides is 4. The molecule has 10 heteroatoms. The predicted molar refractivity (Wildman–Crippen MR) is 140 cm³/mol. The molecule has 10 nitrogen and oxygen atoms in total. The van der Waals surface area contributed by atoms with E-state index in [2.05, 4.69) is 26.9 Å². The second kappa shape index (κ2) is 13.1. The summed E-state index contributed by atoms with van der Waals surface area (Å²) in [7, 11) is 3.85. The maximum atomic E-state index is 12.8. The first-order chi connectivity index (χ1) is 17.0. The molecule has 192 valence electrons. The van der Waals surface area contributed by atoms with Crippen LogP contribution in [0.3, 0.4) is 0 Å². The molecule has 0 aliphatic rings. The summed E-state index contributed by atoms with van der Waals surface area (Å²) in [5.74, 6) is 1.94. The van der Waals surface area contributed by atoms with E-state index >= 15 is 0 Å². The van der Waals surface area contributed by atoms with Crippen LogP contribution in [0.1, 0.15) is 36.8 Å². The Kier molecular flexibility index (Phi) is 10.2. The van der Waals surface area contributed by atoms with Gasteiger partial charge < -0.3 is 25.2 Å². The molecule has 1 aromatic heterocycles. The van der Waals surface area contributed by atoms with Gasteiger partial charge in [0.15, 0.2) is 0 Å². The smallest absolute Gasteiger partial charge is 0.412 e. The van der Waals surface area contributed by atoms with Gasteiger partial charge in [0, 0.05) is 25.8 Å². The van der Waals surface area contributed by atoms with E-state index in [-0.39, 0.29) is 18.3 Å². The van der Waals surface area contributed by atoms with Crippen LogP contribution in [0.5, 0.6) is 0 Å². The average Bonchev–Trinajstić information content (AvgIpc) is 2.80. The zero-order valence-electron chi connectivity index (χ0n) is 21.4. The molecule has 0 atom stereocenters. The number of benzene rings is 1. The summed E-state index contributed by atoms with van der Waals surface area (Å²) in [5, 5.41) is 8.08. The first kappa shape index (κ1) is 28.1. The average molecular weight is 495 g/mol. The molecule has 3 N–H and O–H groups in total. The van der Waals surface area contributed by atoms with Crippen molar-refractivity contribution >= 4 is 29.4 Å². The molecule has 0 saturated carbocycles. The number of hydrogen-bond donors (Lipinski definition) is 3. The number of likely N-dealkylation sites (N-methyl/N-ethyl adjacent to an activating group) is 1. The van der Waals surface area contributed by atoms with Gasteiger partial charge in [-0.3, -0.25) is 15.1 Å². The number of pyridine rings is 1. The third-order valence-corrected chi connectivity index (χ3v) is 4.69. The summed E-state index contributed by atoms with van der Waals surface area (Å²) in [6.45, 7) is 6.91. The van der Waals surface area contributed by atoms with E-state index in [9.17, 15) is 14.4 Å². The highest BCUT2D eigenvalue weighted by Crippen LogP contribution is 2.22. The Balaban J connectivity index is 2.07. The van der Waals surface area contributed by atoms with Gasteiger partial charge in [-0.25, -0.2) is 9.59 Å². The Labute approximate surface area is 212 Å². The van der Waals surface area contributed by atoms with Crippen molar-refractivity contribution in [1.82, 2.24) is 20.1 Å². The highest BCUT2D eigenvalue weighted by Gasteiger charge is 2.18. The molecule has 1 heterocycles. The van der Waals surface area contributed by atoms with Crippen LogP contribution in [0.25, 0.3) is 0 Å². The number of ether oxygens (including phenoxy) is 1. The maximum Gasteiger partial charge on any atom is 0.412 e. The number of carbonyl (C=O) groups excluding carboxylic acids is 3. The van der Waals surface area contributed by atoms with Crippen LogP contribution in [-0.4, -0.2) is 72.1 Å². The zero-order chi connectivity index (χ0) is 26.7. The lowest BCUT2D eigenvalue weighted by atomic mass is 10.2. The van der Waals surface area contributed by atoms with Crippen LogP contribution >= 0.6 is 0 Å². The van der Waals surface area contributed by atoms with Crippen molar-refractivity contribution in [3.05, 3.63) is 53.9 Å². The van der Waals surface area contributed by atoms with Crippen molar-refractivity contribution < 1.29 is 19.1 Å². The van der Waals surface area contributed by atoms with E-state index in [1.807, 2.05) is 19.0 Å². The molecule has 0 radical (unpaired) electrons. The molecular formula is C26H34N6O4. The summed E-state index contributed by atoms with van der Waals surface area (Å²) in [6, 6.07) is 9.84. The SMILES string of the molecule is C#CCNC(=O)N(CCN(C)C)Cc1ccc(C(=O)Nc2ccccc2NC(=O)OC(C)(C)C)nc1. The van der Waals surface area contributed by atoms with Crippen molar-refractivity contribution in [1.29, 1.82) is 0 Å². The van der Waals surface area contributed by atoms with E-state index in [4.69, 9.17) is 11.2 Å². The summed E-state index contributed by atoms with van der Waals surface area (Å²) in [4.78, 5) is 45.3. The maximum absolute atomic E-state index is 12.8. The number of aromatic nitrogens is 1. The van der Waals surface area contributed by atoms with Crippen LogP contribution in [0.15, 0.2) is 42.6 Å². The molecule has 2 aromatic rings. The highest BCUT2D eigenvalue weighted by atomic mass is 16.6. The number of anilines is 2. The number of para-hydroxylation sites is 2. The van der Waals surface area contributed by atoms with Crippen molar-refractivity contribution in [2.75, 3.05) is 44.4 Å². The number of terminal acetylenes is 1. The van der Waals surface area contributed by atoms with Gasteiger partial charge in [0.05, 0.1) is 17.9 Å². The van der Waals surface area contributed by atoms with Crippen molar-refractivity contribution in [3.63, 3.8) is 0 Å². The van der Waals surface area contributed by atoms with E-state index in [1.165, 1.54) is 0 Å². The molecule has 0 spiro atoms. The third-order valence-electron chi connectivity index (χ3n) is 4.69. The Morgan fingerprint density at radius 1 is 1.03 bits per heavy atom. The fourth-order valence-electron chi connectivity index (χ4n) is 2.99. The quantitative estimate of drug-likeness (QED) is 0.460. The first-order valence-electron chi connectivity index (χ1n) is 11.4. The number of hydrogen-bond acceptors (Lipinski definition) is 6. The van der Waals surface area contributed by atoms with Crippen molar-refractivity contribution in [2.45, 2.75) is 32.9 Å². The molecule has 0 saturated heterocycles. The van der Waals surface area contributed by atoms with Gasteiger partial charge in [-0.15, -0.1) is 6.42 Å². The van der Waals surface area contributed by atoms with Gasteiger partial charge >= 0.3 is 12.1 Å². The van der Waals surface area contributed by atoms with Crippen LogP contribution in [-0.2, 0) is 11.3 Å². The summed E-state index contributed by atoms with van der Waals surface area (Å²) < 4.78 is 5.28. The monoisotopic (exact) mass is 494 g/mol. The fourth-order valence-corrected chi connectivity index (χ4v) is 2.99. The minimum atomic E-state index is -0.655. The summed E-state index contributed by atoms with van der Waals surface area (Å²) in [5.41, 5.74) is 1.08. The molecule has 1 aromatic carbocycles. The van der Waals surface area contributed by atoms with E-state index in [0.717, 1.165) is 5.56 Å². The van der Waals surface area contributed by atoms with Gasteiger partial charge in [0.25, 0.3) is 5.91 Å². The predicted octanol–water partition coefficient (Wildman–Crippen LogP) is 3.39. The molecule has 2 rings (SSSR count).